The molecule has 4 rings (SSSR count). The number of aryl methyl sites for hydroxylation is 1. The average molecular weight is 414 g/mol. The highest BCUT2D eigenvalue weighted by molar-refractivity contribution is 6.08. The smallest absolute Gasteiger partial charge is 0.344 e. The Kier molecular flexibility index (Phi) is 4.88. The fourth-order valence-electron chi connectivity index (χ4n) is 3.91. The number of imide groups is 1. The van der Waals surface area contributed by atoms with Gasteiger partial charge < -0.3 is 10.1 Å². The number of hydrazine groups is 1. The van der Waals surface area contributed by atoms with E-state index in [1.165, 1.54) is 10.7 Å². The lowest BCUT2D eigenvalue weighted by atomic mass is 9.77. The topological polar surface area (TPSA) is 135 Å². The van der Waals surface area contributed by atoms with Crippen LogP contribution in [0.2, 0.25) is 0 Å². The first-order valence-corrected chi connectivity index (χ1v) is 9.74. The van der Waals surface area contributed by atoms with Gasteiger partial charge in [0.2, 0.25) is 0 Å². The largest absolute Gasteiger partial charge is 0.452 e. The summed E-state index contributed by atoms with van der Waals surface area (Å²) in [6, 6.07) is 0.983. The molecule has 4 amide bonds. The van der Waals surface area contributed by atoms with E-state index in [1.54, 1.807) is 19.2 Å². The van der Waals surface area contributed by atoms with Crippen LogP contribution in [0.1, 0.15) is 48.7 Å². The molecule has 2 N–H and O–H groups in total. The minimum absolute atomic E-state index is 0.147. The molecule has 0 aromatic carbocycles. The molecule has 0 bridgehead atoms. The Balaban J connectivity index is 1.38. The number of rotatable bonds is 4. The van der Waals surface area contributed by atoms with Crippen LogP contribution in [0.3, 0.4) is 0 Å². The molecule has 0 unspecified atom stereocenters. The minimum atomic E-state index is -0.965. The SMILES string of the molecule is Cc1nn2cccnc2c1C(=O)OCC(=O)NN1C(=O)NC2(CCC(C)CC2)C1=O. The van der Waals surface area contributed by atoms with Crippen LogP contribution >= 0.6 is 0 Å². The zero-order valence-corrected chi connectivity index (χ0v) is 16.7. The Morgan fingerprint density at radius 2 is 2.07 bits per heavy atom. The second kappa shape index (κ2) is 7.39. The van der Waals surface area contributed by atoms with E-state index in [2.05, 4.69) is 27.7 Å². The molecule has 2 fully saturated rings. The zero-order chi connectivity index (χ0) is 21.5. The summed E-state index contributed by atoms with van der Waals surface area (Å²) in [4.78, 5) is 53.8. The molecule has 1 aliphatic heterocycles. The summed E-state index contributed by atoms with van der Waals surface area (Å²) in [7, 11) is 0. The van der Waals surface area contributed by atoms with E-state index in [-0.39, 0.29) is 5.56 Å². The third kappa shape index (κ3) is 3.36. The fourth-order valence-corrected chi connectivity index (χ4v) is 3.91. The number of hydrogen-bond acceptors (Lipinski definition) is 7. The van der Waals surface area contributed by atoms with Gasteiger partial charge >= 0.3 is 12.0 Å². The lowest BCUT2D eigenvalue weighted by Gasteiger charge is -2.33. The number of carbonyl (C=O) groups is 4. The van der Waals surface area contributed by atoms with Gasteiger partial charge in [-0.15, -0.1) is 0 Å². The van der Waals surface area contributed by atoms with Crippen molar-refractivity contribution in [2.45, 2.75) is 45.1 Å². The molecular formula is C19H22N6O5. The molecule has 30 heavy (non-hydrogen) atoms. The summed E-state index contributed by atoms with van der Waals surface area (Å²) in [6.45, 7) is 3.07. The van der Waals surface area contributed by atoms with E-state index in [9.17, 15) is 19.2 Å². The van der Waals surface area contributed by atoms with Crippen molar-refractivity contribution >= 4 is 29.5 Å². The molecule has 2 aromatic rings. The third-order valence-electron chi connectivity index (χ3n) is 5.63. The van der Waals surface area contributed by atoms with Crippen molar-refractivity contribution in [2.24, 2.45) is 5.92 Å². The molecule has 3 heterocycles. The van der Waals surface area contributed by atoms with Crippen LogP contribution in [-0.2, 0) is 14.3 Å². The van der Waals surface area contributed by atoms with E-state index in [4.69, 9.17) is 4.74 Å². The first-order valence-electron chi connectivity index (χ1n) is 9.74. The number of amides is 4. The highest BCUT2D eigenvalue weighted by Gasteiger charge is 2.52. The quantitative estimate of drug-likeness (QED) is 0.556. The molecule has 1 aliphatic carbocycles. The number of carbonyl (C=O) groups excluding carboxylic acids is 4. The second-order valence-corrected chi connectivity index (χ2v) is 7.79. The lowest BCUT2D eigenvalue weighted by molar-refractivity contribution is -0.141. The summed E-state index contributed by atoms with van der Waals surface area (Å²) >= 11 is 0. The van der Waals surface area contributed by atoms with Gasteiger partial charge in [-0.2, -0.15) is 10.1 Å². The predicted molar refractivity (Wildman–Crippen MR) is 102 cm³/mol. The van der Waals surface area contributed by atoms with Gasteiger partial charge in [0.1, 0.15) is 11.1 Å². The number of urea groups is 1. The Morgan fingerprint density at radius 3 is 2.80 bits per heavy atom. The maximum atomic E-state index is 12.8. The molecule has 1 saturated heterocycles. The molecular weight excluding hydrogens is 392 g/mol. The first kappa shape index (κ1) is 19.8. The van der Waals surface area contributed by atoms with Gasteiger partial charge in [0.25, 0.3) is 11.8 Å². The molecule has 11 nitrogen and oxygen atoms in total. The minimum Gasteiger partial charge on any atom is -0.452 e. The molecule has 1 saturated carbocycles. The van der Waals surface area contributed by atoms with Crippen LogP contribution < -0.4 is 10.7 Å². The maximum absolute atomic E-state index is 12.8. The van der Waals surface area contributed by atoms with Crippen molar-refractivity contribution in [3.63, 3.8) is 0 Å². The zero-order valence-electron chi connectivity index (χ0n) is 16.7. The number of esters is 1. The van der Waals surface area contributed by atoms with Crippen LogP contribution in [0.5, 0.6) is 0 Å². The average Bonchev–Trinajstić information content (AvgIpc) is 3.17. The number of fused-ring (bicyclic) bond motifs is 1. The van der Waals surface area contributed by atoms with Gasteiger partial charge in [0.15, 0.2) is 12.3 Å². The molecule has 158 valence electrons. The van der Waals surface area contributed by atoms with Crippen molar-refractivity contribution in [3.05, 3.63) is 29.7 Å². The normalized spacial score (nSPS) is 23.7. The number of nitrogens with one attached hydrogen (secondary N) is 2. The molecule has 0 atom stereocenters. The second-order valence-electron chi connectivity index (χ2n) is 7.79. The molecule has 2 aromatic heterocycles. The van der Waals surface area contributed by atoms with E-state index in [0.717, 1.165) is 12.8 Å². The summed E-state index contributed by atoms with van der Waals surface area (Å²) in [5.74, 6) is -1.57. The molecule has 0 radical (unpaired) electrons. The van der Waals surface area contributed by atoms with Crippen LogP contribution in [0.25, 0.3) is 5.65 Å². The van der Waals surface area contributed by atoms with Crippen molar-refractivity contribution in [1.29, 1.82) is 0 Å². The van der Waals surface area contributed by atoms with Crippen LogP contribution in [0, 0.1) is 12.8 Å². The Hall–Kier alpha value is -3.50. The fraction of sp³-hybridized carbons (Fsp3) is 0.474. The van der Waals surface area contributed by atoms with Crippen LogP contribution in [-0.4, -0.2) is 55.6 Å². The maximum Gasteiger partial charge on any atom is 0.344 e. The van der Waals surface area contributed by atoms with Gasteiger partial charge in [0.05, 0.1) is 5.69 Å². The summed E-state index contributed by atoms with van der Waals surface area (Å²) in [5, 5.41) is 7.55. The van der Waals surface area contributed by atoms with Crippen molar-refractivity contribution in [1.82, 2.24) is 30.3 Å². The summed E-state index contributed by atoms with van der Waals surface area (Å²) in [6.07, 6.45) is 5.84. The van der Waals surface area contributed by atoms with Crippen LogP contribution in [0.4, 0.5) is 4.79 Å². The van der Waals surface area contributed by atoms with E-state index in [1.807, 2.05) is 0 Å². The lowest BCUT2D eigenvalue weighted by Crippen LogP contribution is -2.52. The first-order chi connectivity index (χ1) is 14.3. The van der Waals surface area contributed by atoms with Gasteiger partial charge in [-0.25, -0.2) is 19.1 Å². The van der Waals surface area contributed by atoms with E-state index >= 15 is 0 Å². The molecule has 2 aliphatic rings. The predicted octanol–water partition coefficient (Wildman–Crippen LogP) is 0.726. The molecule has 1 spiro atoms. The number of aromatic nitrogens is 3. The van der Waals surface area contributed by atoms with Gasteiger partial charge in [0, 0.05) is 12.4 Å². The summed E-state index contributed by atoms with van der Waals surface area (Å²) in [5.41, 5.74) is 2.13. The summed E-state index contributed by atoms with van der Waals surface area (Å²) < 4.78 is 6.49. The number of ether oxygens (including phenoxy) is 1. The van der Waals surface area contributed by atoms with E-state index < -0.39 is 36.0 Å². The van der Waals surface area contributed by atoms with Gasteiger partial charge in [-0.05, 0) is 44.6 Å². The monoisotopic (exact) mass is 414 g/mol. The molecule has 11 heteroatoms. The highest BCUT2D eigenvalue weighted by atomic mass is 16.5. The van der Waals surface area contributed by atoms with E-state index in [0.29, 0.717) is 35.1 Å². The number of hydrogen-bond donors (Lipinski definition) is 2. The van der Waals surface area contributed by atoms with Gasteiger partial charge in [-0.1, -0.05) is 6.92 Å². The Morgan fingerprint density at radius 1 is 1.33 bits per heavy atom. The van der Waals surface area contributed by atoms with Crippen molar-refractivity contribution in [2.75, 3.05) is 6.61 Å². The number of nitrogens with zero attached hydrogens (tertiary/aromatic N) is 4. The third-order valence-corrected chi connectivity index (χ3v) is 5.63. The standard InChI is InChI=1S/C19H22N6O5/c1-11-4-6-19(7-5-11)17(28)25(18(29)21-19)23-13(26)10-30-16(27)14-12(2)22-24-9-3-8-20-15(14)24/h3,8-9,11H,4-7,10H2,1-2H3,(H,21,29)(H,23,26). The Labute approximate surface area is 171 Å². The highest BCUT2D eigenvalue weighted by Crippen LogP contribution is 2.35. The van der Waals surface area contributed by atoms with Crippen molar-refractivity contribution < 1.29 is 23.9 Å². The Bertz CT molecular complexity index is 1040. The van der Waals surface area contributed by atoms with Gasteiger partial charge in [-0.3, -0.25) is 15.0 Å². The van der Waals surface area contributed by atoms with Crippen molar-refractivity contribution in [3.8, 4) is 0 Å². The van der Waals surface area contributed by atoms with Crippen LogP contribution in [0.15, 0.2) is 18.5 Å².